The SMILES string of the molecule is CCc1ccc(O)c(C(=O)NC[C@H]2CCS(=O)(=O)C2)c1. The summed E-state index contributed by atoms with van der Waals surface area (Å²) in [6.07, 6.45) is 1.37. The van der Waals surface area contributed by atoms with Crippen LogP contribution in [0.3, 0.4) is 0 Å². The fourth-order valence-corrected chi connectivity index (χ4v) is 4.21. The van der Waals surface area contributed by atoms with E-state index in [4.69, 9.17) is 0 Å². The van der Waals surface area contributed by atoms with Crippen LogP contribution >= 0.6 is 0 Å². The molecule has 1 aromatic rings. The molecule has 0 aliphatic carbocycles. The molecular weight excluding hydrogens is 278 g/mol. The number of hydrogen-bond donors (Lipinski definition) is 2. The maximum Gasteiger partial charge on any atom is 0.255 e. The highest BCUT2D eigenvalue weighted by Crippen LogP contribution is 2.20. The zero-order valence-electron chi connectivity index (χ0n) is 11.4. The Hall–Kier alpha value is -1.56. The number of hydrogen-bond acceptors (Lipinski definition) is 4. The first kappa shape index (κ1) is 14.8. The first-order valence-corrected chi connectivity index (χ1v) is 8.54. The van der Waals surface area contributed by atoms with Gasteiger partial charge < -0.3 is 10.4 Å². The van der Waals surface area contributed by atoms with Crippen LogP contribution in [-0.2, 0) is 16.3 Å². The maximum absolute atomic E-state index is 12.0. The van der Waals surface area contributed by atoms with Crippen LogP contribution in [0.4, 0.5) is 0 Å². The third-order valence-electron chi connectivity index (χ3n) is 3.59. The van der Waals surface area contributed by atoms with E-state index in [-0.39, 0.29) is 34.6 Å². The van der Waals surface area contributed by atoms with Crippen molar-refractivity contribution in [3.05, 3.63) is 29.3 Å². The standard InChI is InChI=1S/C14H19NO4S/c1-2-10-3-4-13(16)12(7-10)14(17)15-8-11-5-6-20(18,19)9-11/h3-4,7,11,16H,2,5-6,8-9H2,1H3,(H,15,17)/t11-/m1/s1. The van der Waals surface area contributed by atoms with Crippen molar-refractivity contribution in [2.45, 2.75) is 19.8 Å². The molecule has 0 aromatic heterocycles. The lowest BCUT2D eigenvalue weighted by molar-refractivity contribution is 0.0945. The van der Waals surface area contributed by atoms with E-state index in [1.807, 2.05) is 6.92 Å². The smallest absolute Gasteiger partial charge is 0.255 e. The Morgan fingerprint density at radius 3 is 2.80 bits per heavy atom. The molecule has 5 nitrogen and oxygen atoms in total. The van der Waals surface area contributed by atoms with Gasteiger partial charge in [0.1, 0.15) is 5.75 Å². The summed E-state index contributed by atoms with van der Waals surface area (Å²) in [6, 6.07) is 4.94. The first-order valence-electron chi connectivity index (χ1n) is 6.72. The van der Waals surface area contributed by atoms with E-state index < -0.39 is 9.84 Å². The Kier molecular flexibility index (Phi) is 4.32. The molecule has 0 spiro atoms. The summed E-state index contributed by atoms with van der Waals surface area (Å²) >= 11 is 0. The summed E-state index contributed by atoms with van der Waals surface area (Å²) < 4.78 is 22.7. The van der Waals surface area contributed by atoms with E-state index in [9.17, 15) is 18.3 Å². The van der Waals surface area contributed by atoms with Gasteiger partial charge in [-0.15, -0.1) is 0 Å². The molecule has 1 aliphatic rings. The lowest BCUT2D eigenvalue weighted by atomic mass is 10.1. The van der Waals surface area contributed by atoms with Crippen LogP contribution < -0.4 is 5.32 Å². The molecule has 1 aromatic carbocycles. The van der Waals surface area contributed by atoms with Crippen molar-refractivity contribution < 1.29 is 18.3 Å². The van der Waals surface area contributed by atoms with Crippen molar-refractivity contribution in [2.24, 2.45) is 5.92 Å². The van der Waals surface area contributed by atoms with Crippen LogP contribution in [-0.4, -0.2) is 37.5 Å². The maximum atomic E-state index is 12.0. The van der Waals surface area contributed by atoms with E-state index in [2.05, 4.69) is 5.32 Å². The van der Waals surface area contributed by atoms with Gasteiger partial charge in [-0.05, 0) is 36.5 Å². The molecule has 1 amide bonds. The molecule has 2 N–H and O–H groups in total. The van der Waals surface area contributed by atoms with Gasteiger partial charge in [-0.2, -0.15) is 0 Å². The normalized spacial score (nSPS) is 20.8. The molecule has 20 heavy (non-hydrogen) atoms. The van der Waals surface area contributed by atoms with E-state index >= 15 is 0 Å². The van der Waals surface area contributed by atoms with Gasteiger partial charge in [0.2, 0.25) is 0 Å². The number of nitrogens with one attached hydrogen (secondary N) is 1. The zero-order valence-corrected chi connectivity index (χ0v) is 12.2. The number of phenols is 1. The lowest BCUT2D eigenvalue weighted by Gasteiger charge is -2.11. The van der Waals surface area contributed by atoms with Crippen molar-refractivity contribution in [3.63, 3.8) is 0 Å². The van der Waals surface area contributed by atoms with E-state index in [1.54, 1.807) is 12.1 Å². The van der Waals surface area contributed by atoms with Crippen molar-refractivity contribution in [1.82, 2.24) is 5.32 Å². The molecular formula is C14H19NO4S. The number of sulfone groups is 1. The predicted octanol–water partition coefficient (Wildman–Crippen LogP) is 1.12. The summed E-state index contributed by atoms with van der Waals surface area (Å²) in [4.78, 5) is 12.0. The van der Waals surface area contributed by atoms with Crippen LogP contribution in [0.1, 0.15) is 29.3 Å². The minimum Gasteiger partial charge on any atom is -0.507 e. The highest BCUT2D eigenvalue weighted by atomic mass is 32.2. The topological polar surface area (TPSA) is 83.5 Å². The predicted molar refractivity (Wildman–Crippen MR) is 76.6 cm³/mol. The third kappa shape index (κ3) is 3.50. The van der Waals surface area contributed by atoms with Crippen molar-refractivity contribution in [1.29, 1.82) is 0 Å². The highest BCUT2D eigenvalue weighted by Gasteiger charge is 2.28. The minimum absolute atomic E-state index is 0.0274. The fourth-order valence-electron chi connectivity index (χ4n) is 2.35. The second-order valence-corrected chi connectivity index (χ2v) is 7.41. The Labute approximate surface area is 118 Å². The summed E-state index contributed by atoms with van der Waals surface area (Å²) in [5, 5.41) is 12.4. The van der Waals surface area contributed by atoms with Gasteiger partial charge in [-0.3, -0.25) is 4.79 Å². The Bertz CT molecular complexity index is 610. The largest absolute Gasteiger partial charge is 0.507 e. The molecule has 0 unspecified atom stereocenters. The molecule has 1 heterocycles. The molecule has 2 rings (SSSR count). The summed E-state index contributed by atoms with van der Waals surface area (Å²) in [6.45, 7) is 2.30. The molecule has 1 saturated heterocycles. The number of carbonyl (C=O) groups is 1. The number of aryl methyl sites for hydroxylation is 1. The lowest BCUT2D eigenvalue weighted by Crippen LogP contribution is -2.29. The second-order valence-electron chi connectivity index (χ2n) is 5.18. The molecule has 0 bridgehead atoms. The van der Waals surface area contributed by atoms with Crippen molar-refractivity contribution >= 4 is 15.7 Å². The number of amides is 1. The van der Waals surface area contributed by atoms with Crippen LogP contribution in [0, 0.1) is 5.92 Å². The average Bonchev–Trinajstić information content (AvgIpc) is 2.76. The molecule has 1 atom stereocenters. The molecule has 1 fully saturated rings. The fraction of sp³-hybridized carbons (Fsp3) is 0.500. The zero-order chi connectivity index (χ0) is 14.8. The van der Waals surface area contributed by atoms with Crippen LogP contribution in [0.5, 0.6) is 5.75 Å². The van der Waals surface area contributed by atoms with Crippen LogP contribution in [0.2, 0.25) is 0 Å². The third-order valence-corrected chi connectivity index (χ3v) is 5.43. The van der Waals surface area contributed by atoms with E-state index in [0.29, 0.717) is 13.0 Å². The van der Waals surface area contributed by atoms with Gasteiger partial charge in [0.15, 0.2) is 9.84 Å². The molecule has 1 aliphatic heterocycles. The van der Waals surface area contributed by atoms with Gasteiger partial charge in [0, 0.05) is 6.54 Å². The van der Waals surface area contributed by atoms with Gasteiger partial charge >= 0.3 is 0 Å². The summed E-state index contributed by atoms with van der Waals surface area (Å²) in [7, 11) is -2.93. The number of rotatable bonds is 4. The Morgan fingerprint density at radius 2 is 2.20 bits per heavy atom. The van der Waals surface area contributed by atoms with Gasteiger partial charge in [0.05, 0.1) is 17.1 Å². The van der Waals surface area contributed by atoms with Crippen LogP contribution in [0.15, 0.2) is 18.2 Å². The molecule has 6 heteroatoms. The van der Waals surface area contributed by atoms with E-state index in [0.717, 1.165) is 12.0 Å². The van der Waals surface area contributed by atoms with Crippen LogP contribution in [0.25, 0.3) is 0 Å². The minimum atomic E-state index is -2.93. The number of aromatic hydroxyl groups is 1. The summed E-state index contributed by atoms with van der Waals surface area (Å²) in [5.74, 6) is -0.112. The molecule has 0 saturated carbocycles. The number of carbonyl (C=O) groups excluding carboxylic acids is 1. The first-order chi connectivity index (χ1) is 9.41. The van der Waals surface area contributed by atoms with Gasteiger partial charge in [-0.25, -0.2) is 8.42 Å². The highest BCUT2D eigenvalue weighted by molar-refractivity contribution is 7.91. The van der Waals surface area contributed by atoms with Gasteiger partial charge in [0.25, 0.3) is 5.91 Å². The summed E-state index contributed by atoms with van der Waals surface area (Å²) in [5.41, 5.74) is 1.21. The van der Waals surface area contributed by atoms with Crippen molar-refractivity contribution in [3.8, 4) is 5.75 Å². The molecule has 0 radical (unpaired) electrons. The average molecular weight is 297 g/mol. The van der Waals surface area contributed by atoms with Crippen molar-refractivity contribution in [2.75, 3.05) is 18.1 Å². The molecule has 110 valence electrons. The number of benzene rings is 1. The monoisotopic (exact) mass is 297 g/mol. The Morgan fingerprint density at radius 1 is 1.45 bits per heavy atom. The Balaban J connectivity index is 1.99. The van der Waals surface area contributed by atoms with E-state index in [1.165, 1.54) is 6.07 Å². The van der Waals surface area contributed by atoms with Gasteiger partial charge in [-0.1, -0.05) is 13.0 Å². The number of phenolic OH excluding ortho intramolecular Hbond substituents is 1. The second kappa shape index (κ2) is 5.83. The quantitative estimate of drug-likeness (QED) is 0.872.